The van der Waals surface area contributed by atoms with Crippen LogP contribution in [0.1, 0.15) is 5.69 Å². The first kappa shape index (κ1) is 13.0. The smallest absolute Gasteiger partial charge is 0.341 e. The van der Waals surface area contributed by atoms with Gasteiger partial charge in [-0.3, -0.25) is 9.13 Å². The first-order chi connectivity index (χ1) is 7.69. The van der Waals surface area contributed by atoms with Crippen LogP contribution in [0.4, 0.5) is 0 Å². The molecule has 0 saturated carbocycles. The summed E-state index contributed by atoms with van der Waals surface area (Å²) in [5.74, 6) is -0.729. The summed E-state index contributed by atoms with van der Waals surface area (Å²) in [4.78, 5) is 36.4. The minimum Gasteiger partial charge on any atom is -0.351 e. The Kier molecular flexibility index (Phi) is 3.11. The van der Waals surface area contributed by atoms with Crippen LogP contribution in [0.3, 0.4) is 0 Å². The summed E-state index contributed by atoms with van der Waals surface area (Å²) in [5, 5.41) is -1.91. The van der Waals surface area contributed by atoms with E-state index >= 15 is 0 Å². The molecule has 0 amide bonds. The Hall–Kier alpha value is -0.420. The molecule has 17 heavy (non-hydrogen) atoms. The van der Waals surface area contributed by atoms with E-state index in [2.05, 4.69) is 0 Å². The molecule has 0 radical (unpaired) electrons. The number of nitrogens with zero attached hydrogens (tertiary/aromatic N) is 1. The van der Waals surface area contributed by atoms with Crippen molar-refractivity contribution in [2.75, 3.05) is 0 Å². The number of fused-ring (bicyclic) bond motifs is 1. The molecular formula is C8H13NO6P2. The molecule has 0 spiro atoms. The third-order valence-electron chi connectivity index (χ3n) is 2.94. The second-order valence-corrected chi connectivity index (χ2v) is 8.08. The fourth-order valence-electron chi connectivity index (χ4n) is 2.34. The van der Waals surface area contributed by atoms with E-state index in [4.69, 9.17) is 19.6 Å². The topological polar surface area (TPSA) is 120 Å². The summed E-state index contributed by atoms with van der Waals surface area (Å²) in [6.45, 7) is 0.225. The zero-order chi connectivity index (χ0) is 12.8. The molecule has 7 nitrogen and oxygen atoms in total. The lowest BCUT2D eigenvalue weighted by Crippen LogP contribution is -2.22. The average Bonchev–Trinajstić information content (AvgIpc) is 2.56. The van der Waals surface area contributed by atoms with Gasteiger partial charge < -0.3 is 24.1 Å². The van der Waals surface area contributed by atoms with Crippen molar-refractivity contribution in [2.45, 2.75) is 18.4 Å². The van der Waals surface area contributed by atoms with Crippen LogP contribution in [0.5, 0.6) is 0 Å². The van der Waals surface area contributed by atoms with Crippen LogP contribution in [0.15, 0.2) is 18.3 Å². The first-order valence-electron chi connectivity index (χ1n) is 4.94. The van der Waals surface area contributed by atoms with Crippen LogP contribution < -0.4 is 0 Å². The van der Waals surface area contributed by atoms with E-state index in [0.717, 1.165) is 5.69 Å². The summed E-state index contributed by atoms with van der Waals surface area (Å²) in [5.41, 5.74) is 0.835. The van der Waals surface area contributed by atoms with Crippen LogP contribution in [-0.4, -0.2) is 29.5 Å². The van der Waals surface area contributed by atoms with Gasteiger partial charge in [0.25, 0.3) is 0 Å². The number of hydrogen-bond acceptors (Lipinski definition) is 2. The van der Waals surface area contributed by atoms with Gasteiger partial charge in [-0.25, -0.2) is 0 Å². The second-order valence-electron chi connectivity index (χ2n) is 4.21. The SMILES string of the molecule is O=P(O)(O)C(C1Cc2cccn2C1)P(=O)(O)O. The molecule has 2 rings (SSSR count). The van der Waals surface area contributed by atoms with Gasteiger partial charge in [0.2, 0.25) is 0 Å². The highest BCUT2D eigenvalue weighted by Gasteiger charge is 2.50. The van der Waals surface area contributed by atoms with E-state index in [1.807, 2.05) is 0 Å². The summed E-state index contributed by atoms with van der Waals surface area (Å²) in [7, 11) is -9.65. The Morgan fingerprint density at radius 1 is 1.24 bits per heavy atom. The van der Waals surface area contributed by atoms with Gasteiger partial charge in [0.1, 0.15) is 0 Å². The maximum Gasteiger partial charge on any atom is 0.341 e. The normalized spacial score (nSPS) is 20.9. The Labute approximate surface area is 97.4 Å². The molecule has 1 aliphatic heterocycles. The fourth-order valence-corrected chi connectivity index (χ4v) is 5.41. The molecular weight excluding hydrogens is 268 g/mol. The molecule has 1 atom stereocenters. The van der Waals surface area contributed by atoms with Crippen molar-refractivity contribution >= 4 is 15.2 Å². The van der Waals surface area contributed by atoms with Crippen molar-refractivity contribution in [3.63, 3.8) is 0 Å². The molecule has 0 saturated heterocycles. The zero-order valence-electron chi connectivity index (χ0n) is 8.75. The summed E-state index contributed by atoms with van der Waals surface area (Å²) in [6.07, 6.45) is 2.00. The molecule has 9 heteroatoms. The van der Waals surface area contributed by atoms with Gasteiger partial charge in [0.15, 0.2) is 5.40 Å². The van der Waals surface area contributed by atoms with Gasteiger partial charge in [0.05, 0.1) is 0 Å². The van der Waals surface area contributed by atoms with E-state index in [1.54, 1.807) is 22.9 Å². The maximum atomic E-state index is 11.2. The van der Waals surface area contributed by atoms with Gasteiger partial charge >= 0.3 is 15.2 Å². The van der Waals surface area contributed by atoms with E-state index in [0.29, 0.717) is 0 Å². The lowest BCUT2D eigenvalue weighted by Gasteiger charge is -2.24. The Morgan fingerprint density at radius 3 is 2.29 bits per heavy atom. The number of hydrogen-bond donors (Lipinski definition) is 4. The predicted molar refractivity (Wildman–Crippen MR) is 59.5 cm³/mol. The number of rotatable bonds is 3. The van der Waals surface area contributed by atoms with Gasteiger partial charge in [0, 0.05) is 24.4 Å². The molecule has 4 N–H and O–H groups in total. The third-order valence-corrected chi connectivity index (χ3v) is 6.96. The fraction of sp³-hybridized carbons (Fsp3) is 0.500. The molecule has 1 unspecified atom stereocenters. The highest BCUT2D eigenvalue weighted by Crippen LogP contribution is 2.64. The molecule has 2 heterocycles. The Bertz CT molecular complexity index is 471. The molecule has 0 bridgehead atoms. The van der Waals surface area contributed by atoms with Crippen LogP contribution in [-0.2, 0) is 22.1 Å². The minimum absolute atomic E-state index is 0.225. The van der Waals surface area contributed by atoms with Gasteiger partial charge in [-0.2, -0.15) is 0 Å². The standard InChI is InChI=1S/C8H13NO6P2/c10-16(11,12)8(17(13,14)15)6-4-7-2-1-3-9(7)5-6/h1-3,6,8H,4-5H2,(H2,10,11,12)(H2,13,14,15). The van der Waals surface area contributed by atoms with E-state index in [1.165, 1.54) is 0 Å². The van der Waals surface area contributed by atoms with Crippen molar-refractivity contribution in [2.24, 2.45) is 5.92 Å². The van der Waals surface area contributed by atoms with Crippen LogP contribution in [0.25, 0.3) is 0 Å². The predicted octanol–water partition coefficient (Wildman–Crippen LogP) is 0.342. The lowest BCUT2D eigenvalue weighted by atomic mass is 10.1. The van der Waals surface area contributed by atoms with Gasteiger partial charge in [-0.15, -0.1) is 0 Å². The highest BCUT2D eigenvalue weighted by molar-refractivity contribution is 7.70. The van der Waals surface area contributed by atoms with Crippen molar-refractivity contribution in [1.29, 1.82) is 0 Å². The molecule has 0 aromatic carbocycles. The Balaban J connectivity index is 2.30. The largest absolute Gasteiger partial charge is 0.351 e. The van der Waals surface area contributed by atoms with Crippen LogP contribution in [0, 0.1) is 5.92 Å². The summed E-state index contributed by atoms with van der Waals surface area (Å²) >= 11 is 0. The van der Waals surface area contributed by atoms with Crippen molar-refractivity contribution < 1.29 is 28.7 Å². The third kappa shape index (κ3) is 2.55. The Morgan fingerprint density at radius 2 is 1.82 bits per heavy atom. The molecule has 0 aliphatic carbocycles. The van der Waals surface area contributed by atoms with Crippen LogP contribution in [0.2, 0.25) is 0 Å². The molecule has 96 valence electrons. The quantitative estimate of drug-likeness (QED) is 0.593. The van der Waals surface area contributed by atoms with E-state index in [9.17, 15) is 9.13 Å². The van der Waals surface area contributed by atoms with Gasteiger partial charge in [-0.05, 0) is 18.6 Å². The average molecular weight is 281 g/mol. The van der Waals surface area contributed by atoms with Gasteiger partial charge in [-0.1, -0.05) is 0 Å². The molecule has 0 fully saturated rings. The highest BCUT2D eigenvalue weighted by atomic mass is 31.2. The van der Waals surface area contributed by atoms with E-state index < -0.39 is 26.5 Å². The summed E-state index contributed by atoms with van der Waals surface area (Å²) in [6, 6.07) is 3.56. The zero-order valence-corrected chi connectivity index (χ0v) is 10.5. The second kappa shape index (κ2) is 4.05. The molecule has 1 aromatic heterocycles. The van der Waals surface area contributed by atoms with E-state index in [-0.39, 0.29) is 13.0 Å². The minimum atomic E-state index is -4.83. The van der Waals surface area contributed by atoms with Crippen LogP contribution >= 0.6 is 15.2 Å². The molecule has 1 aromatic rings. The van der Waals surface area contributed by atoms with Crippen molar-refractivity contribution in [3.8, 4) is 0 Å². The first-order valence-corrected chi connectivity index (χ1v) is 8.30. The lowest BCUT2D eigenvalue weighted by molar-refractivity contribution is 0.314. The van der Waals surface area contributed by atoms with Crippen molar-refractivity contribution in [3.05, 3.63) is 24.0 Å². The van der Waals surface area contributed by atoms with Crippen molar-refractivity contribution in [1.82, 2.24) is 4.57 Å². The summed E-state index contributed by atoms with van der Waals surface area (Å²) < 4.78 is 24.2. The molecule has 1 aliphatic rings. The number of aromatic nitrogens is 1. The maximum absolute atomic E-state index is 11.2. The monoisotopic (exact) mass is 281 g/mol.